The van der Waals surface area contributed by atoms with Crippen molar-refractivity contribution in [3.8, 4) is 11.1 Å². The fourth-order valence-corrected chi connectivity index (χ4v) is 1.77. The molecule has 1 aromatic heterocycles. The highest BCUT2D eigenvalue weighted by Crippen LogP contribution is 2.24. The van der Waals surface area contributed by atoms with Gasteiger partial charge in [0.25, 0.3) is 0 Å². The van der Waals surface area contributed by atoms with E-state index in [0.29, 0.717) is 17.0 Å². The molecule has 116 valence electrons. The molecule has 2 rings (SSSR count). The van der Waals surface area contributed by atoms with Crippen molar-refractivity contribution in [1.82, 2.24) is 10.2 Å². The molecule has 8 heteroatoms. The maximum atomic E-state index is 10.6. The van der Waals surface area contributed by atoms with Crippen molar-refractivity contribution in [2.45, 2.75) is 6.92 Å². The third-order valence-electron chi connectivity index (χ3n) is 2.69. The molecule has 1 heterocycles. The summed E-state index contributed by atoms with van der Waals surface area (Å²) in [6.07, 6.45) is 3.71. The number of carbonyl (C=O) groups is 2. The monoisotopic (exact) mass is 303 g/mol. The predicted molar refractivity (Wildman–Crippen MR) is 82.9 cm³/mol. The average Bonchev–Trinajstić information content (AvgIpc) is 2.99. The van der Waals surface area contributed by atoms with Crippen LogP contribution in [0.25, 0.3) is 11.1 Å². The first kappa shape index (κ1) is 16.9. The number of nitrogens with two attached hydrogens (primary N) is 1. The van der Waals surface area contributed by atoms with Gasteiger partial charge >= 0.3 is 5.97 Å². The van der Waals surface area contributed by atoms with Crippen molar-refractivity contribution in [2.75, 3.05) is 11.9 Å². The van der Waals surface area contributed by atoms with E-state index in [1.807, 2.05) is 12.1 Å². The fourth-order valence-electron chi connectivity index (χ4n) is 1.77. The Morgan fingerprint density at radius 2 is 2.18 bits per heavy atom. The first-order valence-corrected chi connectivity index (χ1v) is 6.29. The normalized spacial score (nSPS) is 9.32. The highest BCUT2D eigenvalue weighted by Gasteiger charge is 2.08. The van der Waals surface area contributed by atoms with Gasteiger partial charge in [-0.15, -0.1) is 0 Å². The Labute approximate surface area is 126 Å². The standard InChI is InChI=1S/C13H14N4O2.CH3NO/c1-8(14)11-4-9(10-5-16-17-6-10)2-3-12(11)15-7-13(18)19;2-1-3/h2-6,14-15H,7H2,1H3,(H,16,17)(H,18,19);1H,(H2,2,3). The van der Waals surface area contributed by atoms with Crippen LogP contribution in [0.15, 0.2) is 30.6 Å². The van der Waals surface area contributed by atoms with Crippen molar-refractivity contribution in [3.63, 3.8) is 0 Å². The lowest BCUT2D eigenvalue weighted by Gasteiger charge is -2.11. The number of rotatable bonds is 5. The van der Waals surface area contributed by atoms with Crippen molar-refractivity contribution in [2.24, 2.45) is 5.73 Å². The van der Waals surface area contributed by atoms with Gasteiger partial charge in [0, 0.05) is 28.7 Å². The molecule has 1 aromatic carbocycles. The summed E-state index contributed by atoms with van der Waals surface area (Å²) in [5, 5.41) is 25.9. The molecule has 0 fully saturated rings. The quantitative estimate of drug-likeness (QED) is 0.414. The van der Waals surface area contributed by atoms with Crippen molar-refractivity contribution in [3.05, 3.63) is 36.2 Å². The van der Waals surface area contributed by atoms with Crippen LogP contribution in [0.3, 0.4) is 0 Å². The minimum Gasteiger partial charge on any atom is -0.480 e. The number of aromatic nitrogens is 2. The topological polar surface area (TPSA) is 145 Å². The van der Waals surface area contributed by atoms with E-state index in [1.165, 1.54) is 0 Å². The molecular weight excluding hydrogens is 286 g/mol. The minimum atomic E-state index is -0.938. The SMILES string of the molecule is CC(=N)c1cc(-c2cn[nH]c2)ccc1NCC(=O)O.NC=O. The van der Waals surface area contributed by atoms with Gasteiger partial charge in [-0.1, -0.05) is 6.07 Å². The van der Waals surface area contributed by atoms with Crippen LogP contribution in [0, 0.1) is 5.41 Å². The molecule has 0 unspecified atom stereocenters. The number of primary amides is 1. The van der Waals surface area contributed by atoms with Gasteiger partial charge < -0.3 is 21.6 Å². The van der Waals surface area contributed by atoms with E-state index in [1.54, 1.807) is 25.4 Å². The molecule has 6 N–H and O–H groups in total. The molecule has 22 heavy (non-hydrogen) atoms. The number of anilines is 1. The van der Waals surface area contributed by atoms with E-state index in [0.717, 1.165) is 11.1 Å². The first-order valence-electron chi connectivity index (χ1n) is 6.29. The lowest BCUT2D eigenvalue weighted by molar-refractivity contribution is -0.134. The molecule has 0 aliphatic rings. The number of aliphatic carboxylic acids is 1. The predicted octanol–water partition coefficient (Wildman–Crippen LogP) is 1.06. The number of carboxylic acid groups (broad SMARTS) is 1. The highest BCUT2D eigenvalue weighted by atomic mass is 16.4. The van der Waals surface area contributed by atoms with Gasteiger partial charge in [0.2, 0.25) is 6.41 Å². The number of aromatic amines is 1. The lowest BCUT2D eigenvalue weighted by atomic mass is 10.0. The second-order valence-electron chi connectivity index (χ2n) is 4.26. The summed E-state index contributed by atoms with van der Waals surface area (Å²) in [6.45, 7) is 1.49. The van der Waals surface area contributed by atoms with E-state index >= 15 is 0 Å². The lowest BCUT2D eigenvalue weighted by Crippen LogP contribution is -2.14. The molecule has 0 saturated heterocycles. The van der Waals surface area contributed by atoms with Gasteiger partial charge in [-0.3, -0.25) is 14.7 Å². The molecule has 0 aliphatic heterocycles. The van der Waals surface area contributed by atoms with Crippen LogP contribution >= 0.6 is 0 Å². The first-order chi connectivity index (χ1) is 10.5. The van der Waals surface area contributed by atoms with Gasteiger partial charge in [-0.05, 0) is 24.6 Å². The Morgan fingerprint density at radius 3 is 2.68 bits per heavy atom. The Bertz CT molecular complexity index is 653. The number of H-pyrrole nitrogens is 1. The summed E-state index contributed by atoms with van der Waals surface area (Å²) >= 11 is 0. The second-order valence-corrected chi connectivity index (χ2v) is 4.26. The molecule has 0 atom stereocenters. The number of hydrogen-bond donors (Lipinski definition) is 5. The van der Waals surface area contributed by atoms with Crippen LogP contribution in [0.1, 0.15) is 12.5 Å². The van der Waals surface area contributed by atoms with Gasteiger partial charge in [0.15, 0.2) is 0 Å². The number of carbonyl (C=O) groups excluding carboxylic acids is 1. The number of carboxylic acids is 1. The Balaban J connectivity index is 0.000000745. The molecular formula is C14H17N5O3. The molecule has 8 nitrogen and oxygen atoms in total. The number of amides is 1. The third kappa shape index (κ3) is 4.75. The average molecular weight is 303 g/mol. The van der Waals surface area contributed by atoms with Crippen molar-refractivity contribution < 1.29 is 14.7 Å². The molecule has 0 bridgehead atoms. The van der Waals surface area contributed by atoms with Crippen LogP contribution in [-0.2, 0) is 9.59 Å². The summed E-state index contributed by atoms with van der Waals surface area (Å²) < 4.78 is 0. The summed E-state index contributed by atoms with van der Waals surface area (Å²) in [4.78, 5) is 19.2. The Kier molecular flexibility index (Phi) is 6.30. The molecule has 2 aromatic rings. The maximum absolute atomic E-state index is 10.6. The van der Waals surface area contributed by atoms with Crippen LogP contribution in [0.2, 0.25) is 0 Å². The second kappa shape index (κ2) is 8.20. The van der Waals surface area contributed by atoms with Crippen molar-refractivity contribution >= 4 is 23.8 Å². The molecule has 1 amide bonds. The molecule has 0 radical (unpaired) electrons. The molecule has 0 spiro atoms. The Morgan fingerprint density at radius 1 is 1.50 bits per heavy atom. The summed E-state index contributed by atoms with van der Waals surface area (Å²) in [5.41, 5.74) is 7.71. The number of benzene rings is 1. The van der Waals surface area contributed by atoms with E-state index in [4.69, 9.17) is 15.3 Å². The number of hydrogen-bond acceptors (Lipinski definition) is 5. The fraction of sp³-hybridized carbons (Fsp3) is 0.143. The van der Waals surface area contributed by atoms with Crippen LogP contribution in [0.4, 0.5) is 5.69 Å². The number of nitrogens with zero attached hydrogens (tertiary/aromatic N) is 1. The maximum Gasteiger partial charge on any atom is 0.322 e. The minimum absolute atomic E-state index is 0.175. The highest BCUT2D eigenvalue weighted by molar-refractivity contribution is 6.02. The summed E-state index contributed by atoms with van der Waals surface area (Å²) in [7, 11) is 0. The molecule has 0 aliphatic carbocycles. The van der Waals surface area contributed by atoms with Crippen LogP contribution in [0.5, 0.6) is 0 Å². The van der Waals surface area contributed by atoms with Gasteiger partial charge in [-0.25, -0.2) is 0 Å². The molecule has 0 saturated carbocycles. The van der Waals surface area contributed by atoms with E-state index in [9.17, 15) is 4.79 Å². The van der Waals surface area contributed by atoms with Crippen LogP contribution in [-0.4, -0.2) is 39.9 Å². The summed E-state index contributed by atoms with van der Waals surface area (Å²) in [5.74, 6) is -0.938. The smallest absolute Gasteiger partial charge is 0.322 e. The van der Waals surface area contributed by atoms with E-state index in [2.05, 4.69) is 21.2 Å². The Hall–Kier alpha value is -3.16. The van der Waals surface area contributed by atoms with Gasteiger partial charge in [0.1, 0.15) is 6.54 Å². The largest absolute Gasteiger partial charge is 0.480 e. The van der Waals surface area contributed by atoms with Gasteiger partial charge in [0.05, 0.1) is 6.20 Å². The van der Waals surface area contributed by atoms with E-state index in [-0.39, 0.29) is 13.0 Å². The van der Waals surface area contributed by atoms with E-state index < -0.39 is 5.97 Å². The van der Waals surface area contributed by atoms with Crippen molar-refractivity contribution in [1.29, 1.82) is 5.41 Å². The summed E-state index contributed by atoms with van der Waals surface area (Å²) in [6, 6.07) is 5.48. The third-order valence-corrected chi connectivity index (χ3v) is 2.69. The number of nitrogens with one attached hydrogen (secondary N) is 3. The zero-order valence-corrected chi connectivity index (χ0v) is 12.0. The zero-order valence-electron chi connectivity index (χ0n) is 12.0. The van der Waals surface area contributed by atoms with Gasteiger partial charge in [-0.2, -0.15) is 5.10 Å². The zero-order chi connectivity index (χ0) is 16.5. The van der Waals surface area contributed by atoms with Crippen LogP contribution < -0.4 is 11.1 Å².